The smallest absolute Gasteiger partial charge is 0.133 e. The summed E-state index contributed by atoms with van der Waals surface area (Å²) in [5.74, 6) is 1.99. The van der Waals surface area contributed by atoms with Gasteiger partial charge in [0.1, 0.15) is 16.2 Å². The van der Waals surface area contributed by atoms with Crippen LogP contribution in [0.2, 0.25) is 0 Å². The highest BCUT2D eigenvalue weighted by molar-refractivity contribution is 9.10. The number of hydrogen-bond donors (Lipinski definition) is 0. The highest BCUT2D eigenvalue weighted by Crippen LogP contribution is 2.21. The van der Waals surface area contributed by atoms with Gasteiger partial charge in [-0.1, -0.05) is 6.92 Å². The lowest BCUT2D eigenvalue weighted by atomic mass is 10.2. The quantitative estimate of drug-likeness (QED) is 0.802. The van der Waals surface area contributed by atoms with Crippen LogP contribution in [0.3, 0.4) is 0 Å². The van der Waals surface area contributed by atoms with Gasteiger partial charge in [0.05, 0.1) is 0 Å². The Labute approximate surface area is 118 Å². The summed E-state index contributed by atoms with van der Waals surface area (Å²) in [4.78, 5) is 13.9. The Morgan fingerprint density at radius 2 is 2.17 bits per heavy atom. The van der Waals surface area contributed by atoms with Gasteiger partial charge in [-0.15, -0.1) is 0 Å². The zero-order valence-electron chi connectivity index (χ0n) is 11.4. The van der Waals surface area contributed by atoms with Gasteiger partial charge in [-0.3, -0.25) is 0 Å². The standard InChI is InChI=1S/C13H21BrN4/c1-4-5-12-15-11(14)8-13(16-12)18-7-6-17(3)9-10(18)2/h8,10H,4-7,9H2,1-3H3. The maximum atomic E-state index is 4.69. The van der Waals surface area contributed by atoms with E-state index in [-0.39, 0.29) is 0 Å². The first-order valence-corrected chi connectivity index (χ1v) is 7.38. The minimum Gasteiger partial charge on any atom is -0.351 e. The fraction of sp³-hybridized carbons (Fsp3) is 0.692. The van der Waals surface area contributed by atoms with Crippen LogP contribution in [-0.4, -0.2) is 47.6 Å². The molecule has 0 aliphatic carbocycles. The van der Waals surface area contributed by atoms with Gasteiger partial charge in [-0.05, 0) is 36.3 Å². The molecule has 0 radical (unpaired) electrons. The lowest BCUT2D eigenvalue weighted by molar-refractivity contribution is 0.274. The van der Waals surface area contributed by atoms with E-state index in [1.54, 1.807) is 0 Å². The van der Waals surface area contributed by atoms with Crippen molar-refractivity contribution in [2.75, 3.05) is 31.6 Å². The Balaban J connectivity index is 2.21. The average Bonchev–Trinajstić information content (AvgIpc) is 2.28. The molecule has 0 bridgehead atoms. The molecule has 2 heterocycles. The van der Waals surface area contributed by atoms with Gasteiger partial charge in [0, 0.05) is 38.2 Å². The molecule has 5 heteroatoms. The van der Waals surface area contributed by atoms with Crippen molar-refractivity contribution in [3.8, 4) is 0 Å². The molecule has 1 aromatic rings. The SMILES string of the molecule is CCCc1nc(Br)cc(N2CCN(C)CC2C)n1. The van der Waals surface area contributed by atoms with Crippen LogP contribution in [0.4, 0.5) is 5.82 Å². The molecule has 18 heavy (non-hydrogen) atoms. The summed E-state index contributed by atoms with van der Waals surface area (Å²) in [6.45, 7) is 7.63. The third-order valence-corrected chi connectivity index (χ3v) is 3.73. The number of halogens is 1. The number of likely N-dealkylation sites (N-methyl/N-ethyl adjacent to an activating group) is 1. The summed E-state index contributed by atoms with van der Waals surface area (Å²) in [6, 6.07) is 2.53. The minimum atomic E-state index is 0.500. The zero-order chi connectivity index (χ0) is 13.1. The first kappa shape index (κ1) is 13.7. The van der Waals surface area contributed by atoms with E-state index in [4.69, 9.17) is 0 Å². The number of rotatable bonds is 3. The Bertz CT molecular complexity index is 410. The Morgan fingerprint density at radius 3 is 2.83 bits per heavy atom. The molecule has 1 fully saturated rings. The number of anilines is 1. The van der Waals surface area contributed by atoms with Crippen LogP contribution in [0, 0.1) is 0 Å². The Morgan fingerprint density at radius 1 is 1.39 bits per heavy atom. The molecular weight excluding hydrogens is 292 g/mol. The molecule has 0 amide bonds. The van der Waals surface area contributed by atoms with Crippen LogP contribution in [0.15, 0.2) is 10.7 Å². The minimum absolute atomic E-state index is 0.500. The van der Waals surface area contributed by atoms with Gasteiger partial charge in [-0.25, -0.2) is 9.97 Å². The van der Waals surface area contributed by atoms with Crippen LogP contribution < -0.4 is 4.90 Å². The van der Waals surface area contributed by atoms with Crippen molar-refractivity contribution in [2.24, 2.45) is 0 Å². The van der Waals surface area contributed by atoms with Gasteiger partial charge in [0.2, 0.25) is 0 Å². The van der Waals surface area contributed by atoms with Crippen LogP contribution in [0.25, 0.3) is 0 Å². The summed E-state index contributed by atoms with van der Waals surface area (Å²) in [6.07, 6.45) is 2.02. The predicted octanol–water partition coefficient (Wildman–Crippen LogP) is 2.33. The molecule has 0 N–H and O–H groups in total. The lowest BCUT2D eigenvalue weighted by Crippen LogP contribution is -2.50. The van der Waals surface area contributed by atoms with Crippen molar-refractivity contribution in [3.63, 3.8) is 0 Å². The molecule has 1 aromatic heterocycles. The second kappa shape index (κ2) is 5.97. The van der Waals surface area contributed by atoms with E-state index in [2.05, 4.69) is 56.6 Å². The third kappa shape index (κ3) is 3.20. The van der Waals surface area contributed by atoms with E-state index in [9.17, 15) is 0 Å². The summed E-state index contributed by atoms with van der Waals surface area (Å²) in [5, 5.41) is 0. The molecule has 0 saturated carbocycles. The molecule has 1 aliphatic rings. The summed E-state index contributed by atoms with van der Waals surface area (Å²) < 4.78 is 0.891. The number of piperazine rings is 1. The molecule has 1 atom stereocenters. The van der Waals surface area contributed by atoms with Crippen molar-refractivity contribution in [2.45, 2.75) is 32.7 Å². The average molecular weight is 313 g/mol. The largest absolute Gasteiger partial charge is 0.351 e. The molecule has 0 aromatic carbocycles. The maximum absolute atomic E-state index is 4.69. The molecule has 1 aliphatic heterocycles. The number of nitrogens with zero attached hydrogens (tertiary/aromatic N) is 4. The van der Waals surface area contributed by atoms with Crippen molar-refractivity contribution in [1.29, 1.82) is 0 Å². The summed E-state index contributed by atoms with van der Waals surface area (Å²) in [5.41, 5.74) is 0. The van der Waals surface area contributed by atoms with Gasteiger partial charge >= 0.3 is 0 Å². The molecule has 1 unspecified atom stereocenters. The second-order valence-electron chi connectivity index (χ2n) is 5.02. The lowest BCUT2D eigenvalue weighted by Gasteiger charge is -2.39. The number of aromatic nitrogens is 2. The summed E-state index contributed by atoms with van der Waals surface area (Å²) >= 11 is 3.49. The molecule has 4 nitrogen and oxygen atoms in total. The van der Waals surface area contributed by atoms with E-state index in [0.717, 1.165) is 48.7 Å². The topological polar surface area (TPSA) is 32.3 Å². The molecule has 100 valence electrons. The third-order valence-electron chi connectivity index (χ3n) is 3.33. The highest BCUT2D eigenvalue weighted by Gasteiger charge is 2.23. The molecular formula is C13H21BrN4. The highest BCUT2D eigenvalue weighted by atomic mass is 79.9. The van der Waals surface area contributed by atoms with Gasteiger partial charge in [0.25, 0.3) is 0 Å². The van der Waals surface area contributed by atoms with Crippen LogP contribution in [-0.2, 0) is 6.42 Å². The Hall–Kier alpha value is -0.680. The van der Waals surface area contributed by atoms with Crippen LogP contribution in [0.5, 0.6) is 0 Å². The molecule has 2 rings (SSSR count). The first-order valence-electron chi connectivity index (χ1n) is 6.58. The molecule has 0 spiro atoms. The second-order valence-corrected chi connectivity index (χ2v) is 5.83. The van der Waals surface area contributed by atoms with Crippen molar-refractivity contribution in [1.82, 2.24) is 14.9 Å². The normalized spacial score (nSPS) is 21.3. The fourth-order valence-electron chi connectivity index (χ4n) is 2.41. The van der Waals surface area contributed by atoms with Gasteiger partial charge in [-0.2, -0.15) is 0 Å². The predicted molar refractivity (Wildman–Crippen MR) is 78.0 cm³/mol. The van der Waals surface area contributed by atoms with Crippen LogP contribution in [0.1, 0.15) is 26.1 Å². The van der Waals surface area contributed by atoms with E-state index in [1.165, 1.54) is 0 Å². The monoisotopic (exact) mass is 312 g/mol. The van der Waals surface area contributed by atoms with Gasteiger partial charge < -0.3 is 9.80 Å². The zero-order valence-corrected chi connectivity index (χ0v) is 12.9. The van der Waals surface area contributed by atoms with Crippen molar-refractivity contribution in [3.05, 3.63) is 16.5 Å². The fourth-order valence-corrected chi connectivity index (χ4v) is 2.82. The molecule has 1 saturated heterocycles. The number of hydrogen-bond acceptors (Lipinski definition) is 4. The van der Waals surface area contributed by atoms with Gasteiger partial charge in [0.15, 0.2) is 0 Å². The van der Waals surface area contributed by atoms with Crippen molar-refractivity contribution >= 4 is 21.7 Å². The maximum Gasteiger partial charge on any atom is 0.133 e. The van der Waals surface area contributed by atoms with Crippen molar-refractivity contribution < 1.29 is 0 Å². The Kier molecular flexibility index (Phi) is 4.56. The van der Waals surface area contributed by atoms with E-state index in [0.29, 0.717) is 6.04 Å². The van der Waals surface area contributed by atoms with Crippen LogP contribution >= 0.6 is 15.9 Å². The van der Waals surface area contributed by atoms with E-state index < -0.39 is 0 Å². The summed E-state index contributed by atoms with van der Waals surface area (Å²) in [7, 11) is 2.17. The number of aryl methyl sites for hydroxylation is 1. The first-order chi connectivity index (χ1) is 8.60. The van der Waals surface area contributed by atoms with E-state index in [1.807, 2.05) is 6.07 Å². The van der Waals surface area contributed by atoms with E-state index >= 15 is 0 Å².